The summed E-state index contributed by atoms with van der Waals surface area (Å²) in [4.78, 5) is 24.7. The van der Waals surface area contributed by atoms with Crippen LogP contribution in [0.1, 0.15) is 0 Å². The Balaban J connectivity index is 1.86. The van der Waals surface area contributed by atoms with Crippen molar-refractivity contribution in [1.82, 2.24) is 14.6 Å². The van der Waals surface area contributed by atoms with Crippen molar-refractivity contribution in [3.63, 3.8) is 0 Å². The molecule has 7 nitrogen and oxygen atoms in total. The van der Waals surface area contributed by atoms with Crippen LogP contribution < -0.4 is 5.76 Å². The number of amides is 1. The average Bonchev–Trinajstić information content (AvgIpc) is 3.04. The Morgan fingerprint density at radius 2 is 2.05 bits per heavy atom. The predicted molar refractivity (Wildman–Crippen MR) is 74.1 cm³/mol. The molecule has 0 radical (unpaired) electrons. The Morgan fingerprint density at radius 1 is 1.24 bits per heavy atom. The van der Waals surface area contributed by atoms with E-state index in [0.29, 0.717) is 36.1 Å². The quantitative estimate of drug-likeness (QED) is 0.857. The number of carbonyl (C=O) groups is 1. The summed E-state index contributed by atoms with van der Waals surface area (Å²) in [5.74, 6) is -0.240. The molecule has 21 heavy (non-hydrogen) atoms. The van der Waals surface area contributed by atoms with E-state index in [-0.39, 0.29) is 12.6 Å². The van der Waals surface area contributed by atoms with Crippen LogP contribution in [-0.4, -0.2) is 40.4 Å². The fourth-order valence-electron chi connectivity index (χ4n) is 2.15. The number of ether oxygens (including phenoxy) is 1. The van der Waals surface area contributed by atoms with Gasteiger partial charge in [-0.05, 0) is 12.1 Å². The highest BCUT2D eigenvalue weighted by Gasteiger charge is 2.23. The van der Waals surface area contributed by atoms with Crippen LogP contribution in [0.4, 0.5) is 4.79 Å². The molecule has 2 aromatic rings. The molecule has 110 valence electrons. The minimum atomic E-state index is -0.586. The standard InChI is InChI=1S/C13H12ClN3O4/c14-10-4-2-1-3-9(10)11-15-21-13(19)17(11)6-5-16-7-8-20-12(16)18/h1-4H,5-8H2. The Hall–Kier alpha value is -2.28. The first-order chi connectivity index (χ1) is 10.2. The SMILES string of the molecule is O=C1OCCN1CCn1c(-c2ccccc2Cl)noc1=O. The summed E-state index contributed by atoms with van der Waals surface area (Å²) in [5.41, 5.74) is 0.606. The highest BCUT2D eigenvalue weighted by atomic mass is 35.5. The molecule has 0 spiro atoms. The van der Waals surface area contributed by atoms with Gasteiger partial charge in [0.1, 0.15) is 6.61 Å². The first kappa shape index (κ1) is 13.7. The van der Waals surface area contributed by atoms with Gasteiger partial charge in [0.2, 0.25) is 0 Å². The first-order valence-corrected chi connectivity index (χ1v) is 6.78. The fraction of sp³-hybridized carbons (Fsp3) is 0.308. The van der Waals surface area contributed by atoms with Gasteiger partial charge in [-0.1, -0.05) is 28.9 Å². The summed E-state index contributed by atoms with van der Waals surface area (Å²) >= 11 is 6.11. The molecule has 1 saturated heterocycles. The van der Waals surface area contributed by atoms with Gasteiger partial charge in [0.15, 0.2) is 5.82 Å². The summed E-state index contributed by atoms with van der Waals surface area (Å²) in [6, 6.07) is 7.04. The lowest BCUT2D eigenvalue weighted by atomic mass is 10.2. The van der Waals surface area contributed by atoms with E-state index in [2.05, 4.69) is 5.16 Å². The lowest BCUT2D eigenvalue weighted by Gasteiger charge is -2.12. The van der Waals surface area contributed by atoms with E-state index >= 15 is 0 Å². The lowest BCUT2D eigenvalue weighted by Crippen LogP contribution is -2.30. The minimum absolute atomic E-state index is 0.262. The topological polar surface area (TPSA) is 77.6 Å². The number of hydrogen-bond donors (Lipinski definition) is 0. The normalized spacial score (nSPS) is 14.5. The predicted octanol–water partition coefficient (Wildman–Crippen LogP) is 1.61. The van der Waals surface area contributed by atoms with Crippen molar-refractivity contribution in [1.29, 1.82) is 0 Å². The van der Waals surface area contributed by atoms with Crippen LogP contribution in [-0.2, 0) is 11.3 Å². The third-order valence-corrected chi connectivity index (χ3v) is 3.57. The van der Waals surface area contributed by atoms with E-state index in [9.17, 15) is 9.59 Å². The molecule has 3 rings (SSSR count). The number of rotatable bonds is 4. The van der Waals surface area contributed by atoms with Crippen molar-refractivity contribution in [2.75, 3.05) is 19.7 Å². The van der Waals surface area contributed by atoms with Crippen LogP contribution in [0, 0.1) is 0 Å². The van der Waals surface area contributed by atoms with Crippen LogP contribution in [0.15, 0.2) is 33.6 Å². The Morgan fingerprint density at radius 3 is 2.76 bits per heavy atom. The maximum atomic E-state index is 11.8. The molecule has 8 heteroatoms. The van der Waals surface area contributed by atoms with E-state index in [4.69, 9.17) is 20.9 Å². The number of halogens is 1. The molecule has 1 aromatic carbocycles. The van der Waals surface area contributed by atoms with Crippen LogP contribution in [0.3, 0.4) is 0 Å². The van der Waals surface area contributed by atoms with Crippen molar-refractivity contribution in [2.24, 2.45) is 0 Å². The second-order valence-corrected chi connectivity index (χ2v) is 4.91. The van der Waals surface area contributed by atoms with Crippen LogP contribution in [0.2, 0.25) is 5.02 Å². The molecule has 2 heterocycles. The molecule has 1 aliphatic rings. The van der Waals surface area contributed by atoms with E-state index in [0.717, 1.165) is 0 Å². The fourth-order valence-corrected chi connectivity index (χ4v) is 2.37. The van der Waals surface area contributed by atoms with Gasteiger partial charge >= 0.3 is 11.8 Å². The van der Waals surface area contributed by atoms with Gasteiger partial charge in [-0.25, -0.2) is 9.59 Å². The Bertz CT molecular complexity index is 724. The zero-order valence-corrected chi connectivity index (χ0v) is 11.7. The largest absolute Gasteiger partial charge is 0.448 e. The van der Waals surface area contributed by atoms with Crippen molar-refractivity contribution in [3.05, 3.63) is 39.8 Å². The number of aromatic nitrogens is 2. The molecule has 0 atom stereocenters. The van der Waals surface area contributed by atoms with E-state index in [1.807, 2.05) is 0 Å². The smallest absolute Gasteiger partial charge is 0.441 e. The molecule has 0 aliphatic carbocycles. The Kier molecular flexibility index (Phi) is 3.66. The molecule has 0 unspecified atom stereocenters. The average molecular weight is 310 g/mol. The monoisotopic (exact) mass is 309 g/mol. The Labute approximate surface area is 124 Å². The number of cyclic esters (lactones) is 1. The highest BCUT2D eigenvalue weighted by Crippen LogP contribution is 2.25. The van der Waals surface area contributed by atoms with E-state index < -0.39 is 5.76 Å². The lowest BCUT2D eigenvalue weighted by molar-refractivity contribution is 0.157. The molecule has 0 bridgehead atoms. The second kappa shape index (κ2) is 5.61. The molecule has 1 fully saturated rings. The number of hydrogen-bond acceptors (Lipinski definition) is 5. The third kappa shape index (κ3) is 2.64. The summed E-state index contributed by atoms with van der Waals surface area (Å²) in [6.07, 6.45) is -0.376. The summed E-state index contributed by atoms with van der Waals surface area (Å²) in [5, 5.41) is 4.24. The number of benzene rings is 1. The van der Waals surface area contributed by atoms with Crippen LogP contribution in [0.5, 0.6) is 0 Å². The third-order valence-electron chi connectivity index (χ3n) is 3.24. The van der Waals surface area contributed by atoms with Gasteiger partial charge in [0.25, 0.3) is 0 Å². The van der Waals surface area contributed by atoms with Gasteiger partial charge in [0, 0.05) is 18.7 Å². The molecular weight excluding hydrogens is 298 g/mol. The first-order valence-electron chi connectivity index (χ1n) is 6.40. The summed E-state index contributed by atoms with van der Waals surface area (Å²) < 4.78 is 10.9. The summed E-state index contributed by atoms with van der Waals surface area (Å²) in [7, 11) is 0. The zero-order chi connectivity index (χ0) is 14.8. The van der Waals surface area contributed by atoms with Gasteiger partial charge in [0.05, 0.1) is 11.6 Å². The molecular formula is C13H12ClN3O4. The molecule has 0 N–H and O–H groups in total. The van der Waals surface area contributed by atoms with E-state index in [1.54, 1.807) is 24.3 Å². The van der Waals surface area contributed by atoms with Crippen molar-refractivity contribution < 1.29 is 14.1 Å². The molecule has 1 aromatic heterocycles. The van der Waals surface area contributed by atoms with Crippen molar-refractivity contribution in [2.45, 2.75) is 6.54 Å². The van der Waals surface area contributed by atoms with Gasteiger partial charge < -0.3 is 9.64 Å². The van der Waals surface area contributed by atoms with Crippen molar-refractivity contribution in [3.8, 4) is 11.4 Å². The van der Waals surface area contributed by atoms with Crippen molar-refractivity contribution >= 4 is 17.7 Å². The van der Waals surface area contributed by atoms with Gasteiger partial charge in [-0.15, -0.1) is 0 Å². The van der Waals surface area contributed by atoms with E-state index in [1.165, 1.54) is 9.47 Å². The minimum Gasteiger partial charge on any atom is -0.448 e. The zero-order valence-electron chi connectivity index (χ0n) is 11.0. The van der Waals surface area contributed by atoms with Gasteiger partial charge in [-0.2, -0.15) is 0 Å². The second-order valence-electron chi connectivity index (χ2n) is 4.50. The maximum Gasteiger partial charge on any atom is 0.441 e. The maximum absolute atomic E-state index is 11.8. The highest BCUT2D eigenvalue weighted by molar-refractivity contribution is 6.33. The number of carbonyl (C=O) groups excluding carboxylic acids is 1. The summed E-state index contributed by atoms with van der Waals surface area (Å²) in [6.45, 7) is 1.49. The number of nitrogens with zero attached hydrogens (tertiary/aromatic N) is 3. The molecule has 1 aliphatic heterocycles. The molecule has 0 saturated carbocycles. The van der Waals surface area contributed by atoms with Crippen LogP contribution in [0.25, 0.3) is 11.4 Å². The molecule has 1 amide bonds. The van der Waals surface area contributed by atoms with Crippen LogP contribution >= 0.6 is 11.6 Å². The van der Waals surface area contributed by atoms with Gasteiger partial charge in [-0.3, -0.25) is 9.09 Å².